The first-order valence-electron chi connectivity index (χ1n) is 5.80. The zero-order valence-electron chi connectivity index (χ0n) is 9.64. The zero-order valence-corrected chi connectivity index (χ0v) is 9.64. The molecule has 0 radical (unpaired) electrons. The van der Waals surface area contributed by atoms with E-state index in [2.05, 4.69) is 6.92 Å². The van der Waals surface area contributed by atoms with Gasteiger partial charge in [-0.25, -0.2) is 0 Å². The van der Waals surface area contributed by atoms with Crippen LogP contribution in [0.25, 0.3) is 0 Å². The van der Waals surface area contributed by atoms with Crippen molar-refractivity contribution in [3.8, 4) is 6.07 Å². The number of likely N-dealkylation sites (tertiary alicyclic amines) is 1. The highest BCUT2D eigenvalue weighted by atomic mass is 16.2. The number of carbonyl (C=O) groups excluding carboxylic acids is 2. The van der Waals surface area contributed by atoms with Gasteiger partial charge in [0.2, 0.25) is 11.8 Å². The van der Waals surface area contributed by atoms with Gasteiger partial charge in [-0.2, -0.15) is 5.26 Å². The van der Waals surface area contributed by atoms with Crippen LogP contribution in [-0.4, -0.2) is 22.8 Å². The third kappa shape index (κ3) is 1.51. The first-order valence-corrected chi connectivity index (χ1v) is 5.80. The predicted molar refractivity (Wildman–Crippen MR) is 56.9 cm³/mol. The fourth-order valence-electron chi connectivity index (χ4n) is 2.96. The van der Waals surface area contributed by atoms with E-state index < -0.39 is 0 Å². The third-order valence-corrected chi connectivity index (χ3v) is 3.74. The second-order valence-corrected chi connectivity index (χ2v) is 5.05. The lowest BCUT2D eigenvalue weighted by Gasteiger charge is -2.22. The molecule has 3 unspecified atom stereocenters. The predicted octanol–water partition coefficient (Wildman–Crippen LogP) is 1.32. The van der Waals surface area contributed by atoms with Crippen LogP contribution in [-0.2, 0) is 9.59 Å². The molecule has 1 heterocycles. The average Bonchev–Trinajstić information content (AvgIpc) is 2.68. The molecule has 2 fully saturated rings. The van der Waals surface area contributed by atoms with Crippen LogP contribution < -0.4 is 0 Å². The number of rotatable bonds is 2. The van der Waals surface area contributed by atoms with Crippen LogP contribution in [0.4, 0.5) is 0 Å². The molecular formula is C12H16N2O2. The van der Waals surface area contributed by atoms with E-state index in [9.17, 15) is 9.59 Å². The van der Waals surface area contributed by atoms with Crippen molar-refractivity contribution in [1.82, 2.24) is 4.90 Å². The molecule has 1 saturated carbocycles. The molecule has 1 aliphatic heterocycles. The summed E-state index contributed by atoms with van der Waals surface area (Å²) in [6.07, 6.45) is 1.88. The Balaban J connectivity index is 2.18. The summed E-state index contributed by atoms with van der Waals surface area (Å²) in [5.41, 5.74) is 0. The summed E-state index contributed by atoms with van der Waals surface area (Å²) in [5.74, 6) is 0.146. The Kier molecular flexibility index (Phi) is 2.71. The van der Waals surface area contributed by atoms with Crippen LogP contribution in [0.1, 0.15) is 33.1 Å². The van der Waals surface area contributed by atoms with Crippen LogP contribution >= 0.6 is 0 Å². The highest BCUT2D eigenvalue weighted by Crippen LogP contribution is 2.43. The van der Waals surface area contributed by atoms with Gasteiger partial charge in [0, 0.05) is 6.04 Å². The van der Waals surface area contributed by atoms with Gasteiger partial charge in [-0.15, -0.1) is 0 Å². The number of nitrogens with zero attached hydrogens (tertiary/aromatic N) is 2. The maximum Gasteiger partial charge on any atom is 0.233 e. The topological polar surface area (TPSA) is 61.2 Å². The first kappa shape index (κ1) is 11.1. The van der Waals surface area contributed by atoms with Crippen molar-refractivity contribution in [2.24, 2.45) is 17.8 Å². The molecule has 0 N–H and O–H groups in total. The van der Waals surface area contributed by atoms with E-state index in [4.69, 9.17) is 5.26 Å². The number of fused-ring (bicyclic) bond motifs is 1. The number of hydrogen-bond donors (Lipinski definition) is 0. The number of nitriles is 1. The Morgan fingerprint density at radius 3 is 2.31 bits per heavy atom. The smallest absolute Gasteiger partial charge is 0.233 e. The number of carbonyl (C=O) groups is 2. The van der Waals surface area contributed by atoms with E-state index in [-0.39, 0.29) is 36.1 Å². The summed E-state index contributed by atoms with van der Waals surface area (Å²) in [5, 5.41) is 8.62. The molecule has 2 amide bonds. The van der Waals surface area contributed by atoms with Gasteiger partial charge in [0.25, 0.3) is 0 Å². The summed E-state index contributed by atoms with van der Waals surface area (Å²) in [7, 11) is 0. The van der Waals surface area contributed by atoms with Crippen molar-refractivity contribution in [1.29, 1.82) is 5.26 Å². The molecule has 2 rings (SSSR count). The van der Waals surface area contributed by atoms with Crippen LogP contribution in [0.3, 0.4) is 0 Å². The molecule has 0 bridgehead atoms. The fraction of sp³-hybridized carbons (Fsp3) is 0.750. The normalized spacial score (nSPS) is 35.1. The number of imide groups is 1. The first-order chi connectivity index (χ1) is 7.56. The molecule has 1 aliphatic carbocycles. The maximum atomic E-state index is 12.1. The van der Waals surface area contributed by atoms with Crippen LogP contribution in [0.2, 0.25) is 0 Å². The van der Waals surface area contributed by atoms with Gasteiger partial charge in [0.1, 0.15) is 0 Å². The Morgan fingerprint density at radius 1 is 1.38 bits per heavy atom. The highest BCUT2D eigenvalue weighted by molar-refractivity contribution is 6.05. The molecule has 4 heteroatoms. The van der Waals surface area contributed by atoms with E-state index in [0.717, 1.165) is 12.8 Å². The van der Waals surface area contributed by atoms with Crippen LogP contribution in [0, 0.1) is 29.1 Å². The summed E-state index contributed by atoms with van der Waals surface area (Å²) >= 11 is 0. The molecule has 3 atom stereocenters. The van der Waals surface area contributed by atoms with Crippen molar-refractivity contribution >= 4 is 11.8 Å². The van der Waals surface area contributed by atoms with Crippen molar-refractivity contribution in [2.75, 3.05) is 0 Å². The summed E-state index contributed by atoms with van der Waals surface area (Å²) in [4.78, 5) is 25.4. The van der Waals surface area contributed by atoms with Crippen molar-refractivity contribution in [2.45, 2.75) is 39.2 Å². The number of hydrogen-bond acceptors (Lipinski definition) is 3. The molecule has 0 aromatic carbocycles. The Bertz CT molecular complexity index is 348. The SMILES string of the molecule is CC1CC2C(=O)N(C(C)CC#N)C(=O)C2C1. The van der Waals surface area contributed by atoms with Crippen molar-refractivity contribution in [3.05, 3.63) is 0 Å². The van der Waals surface area contributed by atoms with Gasteiger partial charge in [-0.3, -0.25) is 14.5 Å². The second kappa shape index (κ2) is 3.89. The minimum atomic E-state index is -0.272. The van der Waals surface area contributed by atoms with Crippen LogP contribution in [0.5, 0.6) is 0 Å². The van der Waals surface area contributed by atoms with Crippen molar-refractivity contribution < 1.29 is 9.59 Å². The molecule has 4 nitrogen and oxygen atoms in total. The van der Waals surface area contributed by atoms with Gasteiger partial charge in [-0.05, 0) is 25.7 Å². The zero-order chi connectivity index (χ0) is 11.9. The van der Waals surface area contributed by atoms with Gasteiger partial charge < -0.3 is 0 Å². The average molecular weight is 220 g/mol. The Morgan fingerprint density at radius 2 is 1.88 bits per heavy atom. The molecule has 1 saturated heterocycles. The van der Waals surface area contributed by atoms with Gasteiger partial charge >= 0.3 is 0 Å². The summed E-state index contributed by atoms with van der Waals surface area (Å²) in [6.45, 7) is 3.85. The number of amides is 2. The Hall–Kier alpha value is -1.37. The molecule has 0 aromatic heterocycles. The van der Waals surface area contributed by atoms with Gasteiger partial charge in [0.15, 0.2) is 0 Å². The minimum Gasteiger partial charge on any atom is -0.278 e. The minimum absolute atomic E-state index is 0.0536. The Labute approximate surface area is 95.2 Å². The lowest BCUT2D eigenvalue weighted by atomic mass is 10.00. The lowest BCUT2D eigenvalue weighted by molar-refractivity contribution is -0.142. The standard InChI is InChI=1S/C12H16N2O2/c1-7-5-9-10(6-7)12(16)14(11(9)15)8(2)3-4-13/h7-10H,3,5-6H2,1-2H3. The molecule has 2 aliphatic rings. The monoisotopic (exact) mass is 220 g/mol. The highest BCUT2D eigenvalue weighted by Gasteiger charge is 2.52. The van der Waals surface area contributed by atoms with E-state index >= 15 is 0 Å². The quantitative estimate of drug-likeness (QED) is 0.659. The molecule has 0 aromatic rings. The van der Waals surface area contributed by atoms with Gasteiger partial charge in [0.05, 0.1) is 24.3 Å². The maximum absolute atomic E-state index is 12.1. The summed E-state index contributed by atoms with van der Waals surface area (Å²) < 4.78 is 0. The largest absolute Gasteiger partial charge is 0.278 e. The molecule has 0 spiro atoms. The van der Waals surface area contributed by atoms with E-state index in [1.165, 1.54) is 4.90 Å². The molecular weight excluding hydrogens is 204 g/mol. The second-order valence-electron chi connectivity index (χ2n) is 5.05. The van der Waals surface area contributed by atoms with Crippen molar-refractivity contribution in [3.63, 3.8) is 0 Å². The molecule has 16 heavy (non-hydrogen) atoms. The lowest BCUT2D eigenvalue weighted by Crippen LogP contribution is -2.39. The van der Waals surface area contributed by atoms with Crippen LogP contribution in [0.15, 0.2) is 0 Å². The third-order valence-electron chi connectivity index (χ3n) is 3.74. The van der Waals surface area contributed by atoms with Gasteiger partial charge in [-0.1, -0.05) is 6.92 Å². The summed E-state index contributed by atoms with van der Waals surface area (Å²) in [6, 6.07) is 1.74. The van der Waals surface area contributed by atoms with E-state index in [1.807, 2.05) is 6.07 Å². The fourth-order valence-corrected chi connectivity index (χ4v) is 2.96. The van der Waals surface area contributed by atoms with E-state index in [0.29, 0.717) is 5.92 Å². The van der Waals surface area contributed by atoms with E-state index in [1.54, 1.807) is 6.92 Å². The molecule has 86 valence electrons.